The van der Waals surface area contributed by atoms with Crippen LogP contribution in [0.15, 0.2) is 22.8 Å². The smallest absolute Gasteiger partial charge is 0.306 e. The highest BCUT2D eigenvalue weighted by molar-refractivity contribution is 9.10. The van der Waals surface area contributed by atoms with Crippen LogP contribution in [-0.4, -0.2) is 29.6 Å². The lowest BCUT2D eigenvalue weighted by molar-refractivity contribution is -0.155. The zero-order valence-corrected chi connectivity index (χ0v) is 14.5. The van der Waals surface area contributed by atoms with Crippen LogP contribution in [0.2, 0.25) is 0 Å². The molecule has 0 radical (unpaired) electrons. The number of pyridine rings is 1. The number of hydrogen-bond acceptors (Lipinski definition) is 4. The lowest BCUT2D eigenvalue weighted by atomic mass is 10.0. The van der Waals surface area contributed by atoms with Crippen molar-refractivity contribution in [3.8, 4) is 0 Å². The van der Waals surface area contributed by atoms with Crippen molar-refractivity contribution in [2.24, 2.45) is 5.92 Å². The average Bonchev–Trinajstić information content (AvgIpc) is 2.84. The topological polar surface area (TPSA) is 42.4 Å². The molecule has 21 heavy (non-hydrogen) atoms. The first-order valence-corrected chi connectivity index (χ1v) is 8.21. The molecule has 1 aromatic heterocycles. The Hall–Kier alpha value is -1.10. The van der Waals surface area contributed by atoms with Gasteiger partial charge in [0.1, 0.15) is 11.4 Å². The Kier molecular flexibility index (Phi) is 5.25. The maximum atomic E-state index is 11.8. The van der Waals surface area contributed by atoms with E-state index in [0.29, 0.717) is 12.3 Å². The molecule has 0 N–H and O–H groups in total. The van der Waals surface area contributed by atoms with Gasteiger partial charge in [0.05, 0.1) is 0 Å². The molecule has 1 unspecified atom stereocenters. The molecule has 4 nitrogen and oxygen atoms in total. The van der Waals surface area contributed by atoms with E-state index in [2.05, 4.69) is 25.8 Å². The Balaban J connectivity index is 1.78. The van der Waals surface area contributed by atoms with E-state index in [-0.39, 0.29) is 11.6 Å². The zero-order valence-electron chi connectivity index (χ0n) is 12.9. The van der Waals surface area contributed by atoms with E-state index in [4.69, 9.17) is 4.74 Å². The van der Waals surface area contributed by atoms with Crippen molar-refractivity contribution in [2.75, 3.05) is 18.0 Å². The number of nitrogens with zero attached hydrogens (tertiary/aromatic N) is 2. The van der Waals surface area contributed by atoms with Crippen molar-refractivity contribution in [3.63, 3.8) is 0 Å². The summed E-state index contributed by atoms with van der Waals surface area (Å²) in [5, 5.41) is 0. The predicted molar refractivity (Wildman–Crippen MR) is 87.3 cm³/mol. The quantitative estimate of drug-likeness (QED) is 0.771. The molecule has 1 atom stereocenters. The Bertz CT molecular complexity index is 482. The Morgan fingerprint density at radius 3 is 2.86 bits per heavy atom. The first kappa shape index (κ1) is 16.3. The minimum absolute atomic E-state index is 0.0947. The van der Waals surface area contributed by atoms with E-state index >= 15 is 0 Å². The van der Waals surface area contributed by atoms with E-state index < -0.39 is 0 Å². The standard InChI is InChI=1S/C16H23BrN2O2/c1-16(2,3)21-15(20)7-4-12-8-9-19(11-12)14-6-5-13(17)10-18-14/h5-6,10,12H,4,7-9,11H2,1-3H3. The second kappa shape index (κ2) is 6.77. The lowest BCUT2D eigenvalue weighted by Crippen LogP contribution is -2.24. The number of rotatable bonds is 4. The van der Waals surface area contributed by atoms with Gasteiger partial charge in [-0.15, -0.1) is 0 Å². The first-order chi connectivity index (χ1) is 9.83. The van der Waals surface area contributed by atoms with Crippen LogP contribution in [0.3, 0.4) is 0 Å². The number of carbonyl (C=O) groups excluding carboxylic acids is 1. The minimum atomic E-state index is -0.389. The molecular formula is C16H23BrN2O2. The van der Waals surface area contributed by atoms with Gasteiger partial charge in [0.25, 0.3) is 0 Å². The Labute approximate surface area is 135 Å². The van der Waals surface area contributed by atoms with Crippen LogP contribution >= 0.6 is 15.9 Å². The fourth-order valence-electron chi connectivity index (χ4n) is 2.55. The first-order valence-electron chi connectivity index (χ1n) is 7.42. The number of anilines is 1. The summed E-state index contributed by atoms with van der Waals surface area (Å²) in [6, 6.07) is 4.04. The van der Waals surface area contributed by atoms with E-state index in [0.717, 1.165) is 36.2 Å². The third kappa shape index (κ3) is 5.30. The van der Waals surface area contributed by atoms with Gasteiger partial charge in [-0.1, -0.05) is 0 Å². The van der Waals surface area contributed by atoms with Crippen LogP contribution in [0.5, 0.6) is 0 Å². The van der Waals surface area contributed by atoms with Gasteiger partial charge in [-0.25, -0.2) is 4.98 Å². The summed E-state index contributed by atoms with van der Waals surface area (Å²) < 4.78 is 6.34. The highest BCUT2D eigenvalue weighted by Gasteiger charge is 2.25. The summed E-state index contributed by atoms with van der Waals surface area (Å²) in [5.41, 5.74) is -0.389. The summed E-state index contributed by atoms with van der Waals surface area (Å²) in [6.07, 6.45) is 4.33. The molecule has 0 bridgehead atoms. The zero-order chi connectivity index (χ0) is 15.5. The molecule has 0 aliphatic carbocycles. The minimum Gasteiger partial charge on any atom is -0.460 e. The normalized spacial score (nSPS) is 18.9. The molecule has 5 heteroatoms. The lowest BCUT2D eigenvalue weighted by Gasteiger charge is -2.20. The monoisotopic (exact) mass is 354 g/mol. The number of hydrogen-bond donors (Lipinski definition) is 0. The average molecular weight is 355 g/mol. The summed E-state index contributed by atoms with van der Waals surface area (Å²) in [4.78, 5) is 18.5. The second-order valence-corrected chi connectivity index (χ2v) is 7.48. The maximum absolute atomic E-state index is 11.8. The van der Waals surface area contributed by atoms with Crippen LogP contribution in [0, 0.1) is 5.92 Å². The van der Waals surface area contributed by atoms with Gasteiger partial charge in [-0.3, -0.25) is 4.79 Å². The third-order valence-corrected chi connectivity index (χ3v) is 3.97. The van der Waals surface area contributed by atoms with Crippen molar-refractivity contribution in [2.45, 2.75) is 45.6 Å². The van der Waals surface area contributed by atoms with E-state index in [9.17, 15) is 4.79 Å². The molecular weight excluding hydrogens is 332 g/mol. The van der Waals surface area contributed by atoms with Gasteiger partial charge < -0.3 is 9.64 Å². The van der Waals surface area contributed by atoms with Crippen LogP contribution < -0.4 is 4.90 Å². The molecule has 0 saturated carbocycles. The molecule has 1 aromatic rings. The van der Waals surface area contributed by atoms with Gasteiger partial charge >= 0.3 is 5.97 Å². The van der Waals surface area contributed by atoms with Gasteiger partial charge in [-0.2, -0.15) is 0 Å². The molecule has 1 fully saturated rings. The second-order valence-electron chi connectivity index (χ2n) is 6.56. The Morgan fingerprint density at radius 1 is 1.48 bits per heavy atom. The third-order valence-electron chi connectivity index (χ3n) is 3.50. The van der Waals surface area contributed by atoms with Crippen molar-refractivity contribution < 1.29 is 9.53 Å². The highest BCUT2D eigenvalue weighted by atomic mass is 79.9. The van der Waals surface area contributed by atoms with Crippen molar-refractivity contribution in [1.29, 1.82) is 0 Å². The maximum Gasteiger partial charge on any atom is 0.306 e. The van der Waals surface area contributed by atoms with Gasteiger partial charge in [0, 0.05) is 30.2 Å². The predicted octanol–water partition coefficient (Wildman–Crippen LogP) is 3.79. The van der Waals surface area contributed by atoms with E-state index in [1.54, 1.807) is 0 Å². The molecule has 0 spiro atoms. The van der Waals surface area contributed by atoms with Gasteiger partial charge in [0.15, 0.2) is 0 Å². The molecule has 1 aliphatic heterocycles. The molecule has 2 rings (SSSR count). The molecule has 1 aliphatic rings. The fourth-order valence-corrected chi connectivity index (χ4v) is 2.78. The van der Waals surface area contributed by atoms with Gasteiger partial charge in [0.2, 0.25) is 0 Å². The number of ether oxygens (including phenoxy) is 1. The fraction of sp³-hybridized carbons (Fsp3) is 0.625. The van der Waals surface area contributed by atoms with E-state index in [1.807, 2.05) is 39.1 Å². The van der Waals surface area contributed by atoms with Crippen molar-refractivity contribution in [3.05, 3.63) is 22.8 Å². The number of carbonyl (C=O) groups is 1. The van der Waals surface area contributed by atoms with Crippen molar-refractivity contribution >= 4 is 27.7 Å². The van der Waals surface area contributed by atoms with Crippen LogP contribution in [0.25, 0.3) is 0 Å². The largest absolute Gasteiger partial charge is 0.460 e. The summed E-state index contributed by atoms with van der Waals surface area (Å²) in [6.45, 7) is 7.69. The number of halogens is 1. The molecule has 0 amide bonds. The van der Waals surface area contributed by atoms with Crippen molar-refractivity contribution in [1.82, 2.24) is 4.98 Å². The molecule has 2 heterocycles. The van der Waals surface area contributed by atoms with Gasteiger partial charge in [-0.05, 0) is 67.6 Å². The SMILES string of the molecule is CC(C)(C)OC(=O)CCC1CCN(c2ccc(Br)cn2)C1. The summed E-state index contributed by atoms with van der Waals surface area (Å²) >= 11 is 3.40. The van der Waals surface area contributed by atoms with Crippen LogP contribution in [0.4, 0.5) is 5.82 Å². The summed E-state index contributed by atoms with van der Waals surface area (Å²) in [5.74, 6) is 1.46. The number of aromatic nitrogens is 1. The van der Waals surface area contributed by atoms with Crippen LogP contribution in [-0.2, 0) is 9.53 Å². The number of esters is 1. The molecule has 1 saturated heterocycles. The van der Waals surface area contributed by atoms with Crippen LogP contribution in [0.1, 0.15) is 40.0 Å². The molecule has 0 aromatic carbocycles. The Morgan fingerprint density at radius 2 is 2.24 bits per heavy atom. The van der Waals surface area contributed by atoms with E-state index in [1.165, 1.54) is 0 Å². The molecule has 116 valence electrons. The highest BCUT2D eigenvalue weighted by Crippen LogP contribution is 2.26. The summed E-state index contributed by atoms with van der Waals surface area (Å²) in [7, 11) is 0.